The average Bonchev–Trinajstić information content (AvgIpc) is 2.30. The molecule has 0 aliphatic heterocycles. The number of halogens is 2. The molecule has 1 aliphatic rings. The first-order chi connectivity index (χ1) is 8.42. The molecule has 1 aromatic carbocycles. The molecule has 1 saturated carbocycles. The van der Waals surface area contributed by atoms with Gasteiger partial charge in [0.2, 0.25) is 0 Å². The van der Waals surface area contributed by atoms with Gasteiger partial charge in [0, 0.05) is 16.1 Å². The third-order valence-corrected chi connectivity index (χ3v) is 4.72. The van der Waals surface area contributed by atoms with Crippen LogP contribution in [0.2, 0.25) is 5.02 Å². The summed E-state index contributed by atoms with van der Waals surface area (Å²) in [5.41, 5.74) is 6.78. The van der Waals surface area contributed by atoms with Crippen LogP contribution >= 0.6 is 11.6 Å². The van der Waals surface area contributed by atoms with Gasteiger partial charge in [-0.25, -0.2) is 4.39 Å². The molecule has 2 rings (SSSR count). The van der Waals surface area contributed by atoms with Crippen LogP contribution in [-0.4, -0.2) is 5.54 Å². The van der Waals surface area contributed by atoms with E-state index in [0.717, 1.165) is 12.8 Å². The smallest absolute Gasteiger partial charge is 0.127 e. The quantitative estimate of drug-likeness (QED) is 0.857. The summed E-state index contributed by atoms with van der Waals surface area (Å²) in [6, 6.07) is 4.83. The predicted molar refractivity (Wildman–Crippen MR) is 74.2 cm³/mol. The molecular weight excluding hydrogens is 249 g/mol. The van der Waals surface area contributed by atoms with Crippen LogP contribution in [0.3, 0.4) is 0 Å². The highest BCUT2D eigenvalue weighted by Crippen LogP contribution is 2.38. The van der Waals surface area contributed by atoms with E-state index in [1.807, 2.05) is 0 Å². The molecule has 0 radical (unpaired) electrons. The molecule has 2 N–H and O–H groups in total. The second kappa shape index (κ2) is 5.18. The molecule has 3 unspecified atom stereocenters. The molecule has 0 bridgehead atoms. The van der Waals surface area contributed by atoms with E-state index in [2.05, 4.69) is 13.8 Å². The summed E-state index contributed by atoms with van der Waals surface area (Å²) in [4.78, 5) is 0. The maximum absolute atomic E-state index is 13.9. The van der Waals surface area contributed by atoms with Gasteiger partial charge in [0.25, 0.3) is 0 Å². The Bertz CT molecular complexity index is 414. The number of hydrogen-bond acceptors (Lipinski definition) is 1. The first-order valence-electron chi connectivity index (χ1n) is 6.64. The van der Waals surface area contributed by atoms with Crippen molar-refractivity contribution in [3.63, 3.8) is 0 Å². The second-order valence-corrected chi connectivity index (χ2v) is 6.31. The van der Waals surface area contributed by atoms with E-state index in [9.17, 15) is 4.39 Å². The van der Waals surface area contributed by atoms with Gasteiger partial charge in [-0.1, -0.05) is 37.9 Å². The van der Waals surface area contributed by atoms with Crippen LogP contribution in [0.4, 0.5) is 4.39 Å². The van der Waals surface area contributed by atoms with Gasteiger partial charge >= 0.3 is 0 Å². The van der Waals surface area contributed by atoms with Crippen LogP contribution in [0.1, 0.15) is 38.7 Å². The van der Waals surface area contributed by atoms with Gasteiger partial charge in [-0.3, -0.25) is 0 Å². The number of hydrogen-bond donors (Lipinski definition) is 1. The summed E-state index contributed by atoms with van der Waals surface area (Å²) in [5.74, 6) is 0.777. The first-order valence-corrected chi connectivity index (χ1v) is 7.02. The summed E-state index contributed by atoms with van der Waals surface area (Å²) in [7, 11) is 0. The average molecular weight is 270 g/mol. The van der Waals surface area contributed by atoms with Crippen molar-refractivity contribution >= 4 is 11.6 Å². The molecule has 3 heteroatoms. The molecule has 1 aliphatic carbocycles. The fourth-order valence-electron chi connectivity index (χ4n) is 3.05. The van der Waals surface area contributed by atoms with Crippen LogP contribution in [0, 0.1) is 17.7 Å². The molecule has 1 fully saturated rings. The molecule has 0 saturated heterocycles. The van der Waals surface area contributed by atoms with Crippen molar-refractivity contribution in [1.29, 1.82) is 0 Å². The van der Waals surface area contributed by atoms with Gasteiger partial charge in [-0.15, -0.1) is 0 Å². The lowest BCUT2D eigenvalue weighted by Gasteiger charge is -2.42. The van der Waals surface area contributed by atoms with Crippen molar-refractivity contribution in [3.8, 4) is 0 Å². The lowest BCUT2D eigenvalue weighted by atomic mass is 9.68. The highest BCUT2D eigenvalue weighted by Gasteiger charge is 2.38. The molecule has 1 aromatic rings. The molecule has 0 spiro atoms. The number of benzene rings is 1. The van der Waals surface area contributed by atoms with E-state index in [1.165, 1.54) is 12.5 Å². The topological polar surface area (TPSA) is 26.0 Å². The summed E-state index contributed by atoms with van der Waals surface area (Å²) in [6.45, 7) is 4.39. The largest absolute Gasteiger partial charge is 0.325 e. The SMILES string of the molecule is CC1CCC(C)C(N)(Cc2c(F)cccc2Cl)C1. The van der Waals surface area contributed by atoms with Crippen molar-refractivity contribution < 1.29 is 4.39 Å². The summed E-state index contributed by atoms with van der Waals surface area (Å²) >= 11 is 6.10. The lowest BCUT2D eigenvalue weighted by Crippen LogP contribution is -2.51. The van der Waals surface area contributed by atoms with Gasteiger partial charge in [0.1, 0.15) is 5.82 Å². The van der Waals surface area contributed by atoms with E-state index >= 15 is 0 Å². The summed E-state index contributed by atoms with van der Waals surface area (Å²) in [5, 5.41) is 0.491. The molecule has 0 heterocycles. The zero-order chi connectivity index (χ0) is 13.3. The maximum Gasteiger partial charge on any atom is 0.127 e. The van der Waals surface area contributed by atoms with Crippen LogP contribution in [-0.2, 0) is 6.42 Å². The van der Waals surface area contributed by atoms with Crippen LogP contribution in [0.15, 0.2) is 18.2 Å². The van der Waals surface area contributed by atoms with Crippen molar-refractivity contribution in [1.82, 2.24) is 0 Å². The zero-order valence-corrected chi connectivity index (χ0v) is 11.8. The van der Waals surface area contributed by atoms with E-state index in [0.29, 0.717) is 28.8 Å². The van der Waals surface area contributed by atoms with Gasteiger partial charge in [-0.05, 0) is 43.2 Å². The van der Waals surface area contributed by atoms with Crippen molar-refractivity contribution in [2.24, 2.45) is 17.6 Å². The Morgan fingerprint density at radius 3 is 2.78 bits per heavy atom. The molecular formula is C15H21ClFN. The molecule has 0 aromatic heterocycles. The highest BCUT2D eigenvalue weighted by atomic mass is 35.5. The van der Waals surface area contributed by atoms with Crippen molar-refractivity contribution in [3.05, 3.63) is 34.6 Å². The minimum absolute atomic E-state index is 0.238. The third kappa shape index (κ3) is 2.70. The highest BCUT2D eigenvalue weighted by molar-refractivity contribution is 6.31. The van der Waals surface area contributed by atoms with E-state index in [4.69, 9.17) is 17.3 Å². The predicted octanol–water partition coefficient (Wildman–Crippen LogP) is 4.18. The lowest BCUT2D eigenvalue weighted by molar-refractivity contribution is 0.160. The van der Waals surface area contributed by atoms with Gasteiger partial charge < -0.3 is 5.73 Å². The zero-order valence-electron chi connectivity index (χ0n) is 11.0. The second-order valence-electron chi connectivity index (χ2n) is 5.90. The van der Waals surface area contributed by atoms with Crippen molar-refractivity contribution in [2.45, 2.75) is 45.1 Å². The Kier molecular flexibility index (Phi) is 3.98. The maximum atomic E-state index is 13.9. The first kappa shape index (κ1) is 13.8. The Labute approximate surface area is 114 Å². The van der Waals surface area contributed by atoms with E-state index in [1.54, 1.807) is 12.1 Å². The Morgan fingerprint density at radius 1 is 1.39 bits per heavy atom. The van der Waals surface area contributed by atoms with Crippen molar-refractivity contribution in [2.75, 3.05) is 0 Å². The number of rotatable bonds is 2. The molecule has 18 heavy (non-hydrogen) atoms. The van der Waals surface area contributed by atoms with Gasteiger partial charge in [0.05, 0.1) is 0 Å². The van der Waals surface area contributed by atoms with Gasteiger partial charge in [0.15, 0.2) is 0 Å². The normalized spacial score (nSPS) is 32.5. The minimum Gasteiger partial charge on any atom is -0.325 e. The van der Waals surface area contributed by atoms with Crippen LogP contribution in [0.5, 0.6) is 0 Å². The monoisotopic (exact) mass is 269 g/mol. The Balaban J connectivity index is 2.26. The van der Waals surface area contributed by atoms with E-state index in [-0.39, 0.29) is 11.4 Å². The molecule has 1 nitrogen and oxygen atoms in total. The third-order valence-electron chi connectivity index (χ3n) is 4.37. The summed E-state index contributed by atoms with van der Waals surface area (Å²) < 4.78 is 13.9. The standard InChI is InChI=1S/C15H21ClFN/c1-10-6-7-11(2)15(18,8-10)9-12-13(16)4-3-5-14(12)17/h3-5,10-11H,6-9,18H2,1-2H3. The fraction of sp³-hybridized carbons (Fsp3) is 0.600. The molecule has 0 amide bonds. The Hall–Kier alpha value is -0.600. The molecule has 100 valence electrons. The Morgan fingerprint density at radius 2 is 2.11 bits per heavy atom. The van der Waals surface area contributed by atoms with E-state index < -0.39 is 0 Å². The minimum atomic E-state index is -0.330. The fourth-order valence-corrected chi connectivity index (χ4v) is 3.28. The van der Waals surface area contributed by atoms with Crippen LogP contribution < -0.4 is 5.73 Å². The molecule has 3 atom stereocenters. The number of nitrogens with two attached hydrogens (primary N) is 1. The van der Waals surface area contributed by atoms with Gasteiger partial charge in [-0.2, -0.15) is 0 Å². The van der Waals surface area contributed by atoms with Crippen LogP contribution in [0.25, 0.3) is 0 Å². The summed E-state index contributed by atoms with van der Waals surface area (Å²) in [6.07, 6.45) is 3.80.